The molecule has 1 aromatic heterocycles. The van der Waals surface area contributed by atoms with Crippen LogP contribution in [0.5, 0.6) is 0 Å². The first kappa shape index (κ1) is 20.0. The fourth-order valence-electron chi connectivity index (χ4n) is 5.24. The minimum absolute atomic E-state index is 0.0350. The largest absolute Gasteiger partial charge is 0.450 e. The Kier molecular flexibility index (Phi) is 4.92. The lowest BCUT2D eigenvalue weighted by Gasteiger charge is -2.36. The highest BCUT2D eigenvalue weighted by molar-refractivity contribution is 5.93. The monoisotopic (exact) mass is 426 g/mol. The number of aromatic nitrogens is 1. The second-order valence-electron chi connectivity index (χ2n) is 8.46. The molecule has 1 aromatic rings. The SMILES string of the molecule is CCOC(=O)N1CCN(C(=O)C2C3C=C[C@@]4(CN(Cc5ccncc5)C(=O)C24)O3)CC1. The molecule has 1 spiro atoms. The van der Waals surface area contributed by atoms with Crippen LogP contribution in [0.1, 0.15) is 12.5 Å². The summed E-state index contributed by atoms with van der Waals surface area (Å²) in [6.07, 6.45) is 6.59. The van der Waals surface area contributed by atoms with Crippen LogP contribution in [0.4, 0.5) is 4.79 Å². The molecule has 0 saturated carbocycles. The lowest BCUT2D eigenvalue weighted by atomic mass is 9.76. The van der Waals surface area contributed by atoms with E-state index in [9.17, 15) is 14.4 Å². The normalized spacial score (nSPS) is 31.3. The molecule has 9 heteroatoms. The van der Waals surface area contributed by atoms with Gasteiger partial charge in [0.1, 0.15) is 5.60 Å². The molecule has 0 N–H and O–H groups in total. The average Bonchev–Trinajstić information content (AvgIpc) is 3.42. The summed E-state index contributed by atoms with van der Waals surface area (Å²) in [5.41, 5.74) is 0.276. The third-order valence-corrected chi connectivity index (χ3v) is 6.70. The van der Waals surface area contributed by atoms with E-state index < -0.39 is 17.4 Å². The van der Waals surface area contributed by atoms with Crippen LogP contribution in [0.25, 0.3) is 0 Å². The van der Waals surface area contributed by atoms with Crippen molar-refractivity contribution in [2.45, 2.75) is 25.2 Å². The van der Waals surface area contributed by atoms with Gasteiger partial charge in [-0.15, -0.1) is 0 Å². The topological polar surface area (TPSA) is 92.3 Å². The number of ether oxygens (including phenoxy) is 2. The fourth-order valence-corrected chi connectivity index (χ4v) is 5.24. The van der Waals surface area contributed by atoms with Gasteiger partial charge in [0, 0.05) is 45.1 Å². The van der Waals surface area contributed by atoms with Crippen molar-refractivity contribution in [2.75, 3.05) is 39.3 Å². The average molecular weight is 426 g/mol. The Hall–Kier alpha value is -2.94. The standard InChI is InChI=1S/C22H26N4O5/c1-2-30-21(29)25-11-9-24(10-12-25)19(27)17-16-3-6-22(31-16)14-26(20(28)18(17)22)13-15-4-7-23-8-5-15/h3-8,16-18H,2,9-14H2,1H3/t16?,17?,18?,22-/m0/s1. The van der Waals surface area contributed by atoms with E-state index in [0.29, 0.717) is 45.9 Å². The summed E-state index contributed by atoms with van der Waals surface area (Å²) in [5, 5.41) is 0. The predicted octanol–water partition coefficient (Wildman–Crippen LogP) is 0.664. The Labute approximate surface area is 180 Å². The number of likely N-dealkylation sites (tertiary alicyclic amines) is 1. The van der Waals surface area contributed by atoms with Crippen molar-refractivity contribution in [2.24, 2.45) is 11.8 Å². The lowest BCUT2D eigenvalue weighted by molar-refractivity contribution is -0.144. The molecule has 5 heterocycles. The highest BCUT2D eigenvalue weighted by atomic mass is 16.6. The number of hydrogen-bond acceptors (Lipinski definition) is 6. The van der Waals surface area contributed by atoms with Gasteiger partial charge in [0.15, 0.2) is 0 Å². The van der Waals surface area contributed by atoms with Crippen molar-refractivity contribution < 1.29 is 23.9 Å². The molecule has 3 unspecified atom stereocenters. The summed E-state index contributed by atoms with van der Waals surface area (Å²) in [7, 11) is 0. The molecule has 4 aliphatic rings. The number of carbonyl (C=O) groups excluding carboxylic acids is 3. The molecule has 2 bridgehead atoms. The van der Waals surface area contributed by atoms with Crippen LogP contribution < -0.4 is 0 Å². The van der Waals surface area contributed by atoms with Gasteiger partial charge >= 0.3 is 6.09 Å². The van der Waals surface area contributed by atoms with Gasteiger partial charge < -0.3 is 24.2 Å². The summed E-state index contributed by atoms with van der Waals surface area (Å²) in [6, 6.07) is 3.78. The lowest BCUT2D eigenvalue weighted by Crippen LogP contribution is -2.54. The van der Waals surface area contributed by atoms with Gasteiger partial charge in [-0.05, 0) is 24.6 Å². The Balaban J connectivity index is 1.29. The summed E-state index contributed by atoms with van der Waals surface area (Å²) in [4.78, 5) is 47.9. The Morgan fingerprint density at radius 1 is 1.19 bits per heavy atom. The first-order chi connectivity index (χ1) is 15.0. The van der Waals surface area contributed by atoms with E-state index >= 15 is 0 Å². The zero-order valence-corrected chi connectivity index (χ0v) is 17.5. The van der Waals surface area contributed by atoms with E-state index in [1.807, 2.05) is 24.3 Å². The van der Waals surface area contributed by atoms with Crippen molar-refractivity contribution in [3.05, 3.63) is 42.2 Å². The maximum absolute atomic E-state index is 13.4. The number of piperazine rings is 1. The molecule has 3 saturated heterocycles. The minimum atomic E-state index is -0.720. The van der Waals surface area contributed by atoms with Crippen LogP contribution in [-0.4, -0.2) is 88.6 Å². The maximum Gasteiger partial charge on any atom is 0.409 e. The fraction of sp³-hybridized carbons (Fsp3) is 0.545. The molecule has 5 rings (SSSR count). The van der Waals surface area contributed by atoms with E-state index in [2.05, 4.69) is 4.98 Å². The van der Waals surface area contributed by atoms with Gasteiger partial charge in [0.2, 0.25) is 11.8 Å². The molecule has 4 atom stereocenters. The summed E-state index contributed by atoms with van der Waals surface area (Å²) in [6.45, 7) is 4.73. The number of nitrogens with zero attached hydrogens (tertiary/aromatic N) is 4. The summed E-state index contributed by atoms with van der Waals surface area (Å²) >= 11 is 0. The van der Waals surface area contributed by atoms with Crippen LogP contribution in [0.15, 0.2) is 36.7 Å². The molecule has 0 radical (unpaired) electrons. The number of amides is 3. The van der Waals surface area contributed by atoms with E-state index in [-0.39, 0.29) is 24.0 Å². The minimum Gasteiger partial charge on any atom is -0.450 e. The number of hydrogen-bond donors (Lipinski definition) is 0. The summed E-state index contributed by atoms with van der Waals surface area (Å²) < 4.78 is 11.3. The van der Waals surface area contributed by atoms with E-state index in [1.54, 1.807) is 34.0 Å². The molecular weight excluding hydrogens is 400 g/mol. The van der Waals surface area contributed by atoms with Gasteiger partial charge in [-0.25, -0.2) is 4.79 Å². The third kappa shape index (κ3) is 3.27. The molecule has 0 aliphatic carbocycles. The van der Waals surface area contributed by atoms with Gasteiger partial charge in [0.05, 0.1) is 31.1 Å². The number of carbonyl (C=O) groups is 3. The van der Waals surface area contributed by atoms with E-state index in [4.69, 9.17) is 9.47 Å². The second-order valence-corrected chi connectivity index (χ2v) is 8.46. The number of rotatable bonds is 4. The molecular formula is C22H26N4O5. The zero-order valence-electron chi connectivity index (χ0n) is 17.5. The maximum atomic E-state index is 13.4. The number of fused-ring (bicyclic) bond motifs is 1. The molecule has 0 aromatic carbocycles. The Morgan fingerprint density at radius 2 is 1.90 bits per heavy atom. The van der Waals surface area contributed by atoms with Crippen molar-refractivity contribution in [3.8, 4) is 0 Å². The van der Waals surface area contributed by atoms with Crippen LogP contribution in [-0.2, 0) is 25.6 Å². The molecule has 3 amide bonds. The van der Waals surface area contributed by atoms with Crippen molar-refractivity contribution >= 4 is 17.9 Å². The first-order valence-electron chi connectivity index (χ1n) is 10.8. The van der Waals surface area contributed by atoms with E-state index in [1.165, 1.54) is 0 Å². The van der Waals surface area contributed by atoms with Crippen molar-refractivity contribution in [1.29, 1.82) is 0 Å². The Morgan fingerprint density at radius 3 is 2.61 bits per heavy atom. The second kappa shape index (κ2) is 7.64. The third-order valence-electron chi connectivity index (χ3n) is 6.70. The van der Waals surface area contributed by atoms with Gasteiger partial charge in [0.25, 0.3) is 0 Å². The van der Waals surface area contributed by atoms with Crippen molar-refractivity contribution in [3.63, 3.8) is 0 Å². The van der Waals surface area contributed by atoms with Crippen LogP contribution in [0.3, 0.4) is 0 Å². The molecule has 9 nitrogen and oxygen atoms in total. The zero-order chi connectivity index (χ0) is 21.6. The quantitative estimate of drug-likeness (QED) is 0.657. The predicted molar refractivity (Wildman–Crippen MR) is 109 cm³/mol. The molecule has 3 fully saturated rings. The summed E-state index contributed by atoms with van der Waals surface area (Å²) in [5.74, 6) is -1.12. The Bertz CT molecular complexity index is 914. The van der Waals surface area contributed by atoms with Crippen LogP contribution >= 0.6 is 0 Å². The molecule has 4 aliphatic heterocycles. The first-order valence-corrected chi connectivity index (χ1v) is 10.8. The van der Waals surface area contributed by atoms with Crippen LogP contribution in [0, 0.1) is 11.8 Å². The van der Waals surface area contributed by atoms with E-state index in [0.717, 1.165) is 5.56 Å². The van der Waals surface area contributed by atoms with Crippen LogP contribution in [0.2, 0.25) is 0 Å². The van der Waals surface area contributed by atoms with Crippen molar-refractivity contribution in [1.82, 2.24) is 19.7 Å². The van der Waals surface area contributed by atoms with Gasteiger partial charge in [-0.2, -0.15) is 0 Å². The smallest absolute Gasteiger partial charge is 0.409 e. The van der Waals surface area contributed by atoms with Gasteiger partial charge in [-0.1, -0.05) is 12.2 Å². The molecule has 164 valence electrons. The highest BCUT2D eigenvalue weighted by Gasteiger charge is 2.67. The number of pyridine rings is 1. The molecule has 31 heavy (non-hydrogen) atoms. The van der Waals surface area contributed by atoms with Gasteiger partial charge in [-0.3, -0.25) is 14.6 Å². The highest BCUT2D eigenvalue weighted by Crippen LogP contribution is 2.52.